The summed E-state index contributed by atoms with van der Waals surface area (Å²) in [6.45, 7) is 1.84. The van der Waals surface area contributed by atoms with Gasteiger partial charge in [-0.05, 0) is 73.0 Å². The van der Waals surface area contributed by atoms with Crippen molar-refractivity contribution in [1.82, 2.24) is 9.97 Å². The van der Waals surface area contributed by atoms with E-state index in [9.17, 15) is 9.18 Å². The van der Waals surface area contributed by atoms with Crippen LogP contribution in [0.25, 0.3) is 11.1 Å². The highest BCUT2D eigenvalue weighted by Crippen LogP contribution is 2.32. The molecule has 5 nitrogen and oxygen atoms in total. The Bertz CT molecular complexity index is 1440. The maximum Gasteiger partial charge on any atom is 0.174 e. The molecule has 0 fully saturated rings. The van der Waals surface area contributed by atoms with Gasteiger partial charge in [0.1, 0.15) is 5.82 Å². The van der Waals surface area contributed by atoms with Gasteiger partial charge in [0.2, 0.25) is 0 Å². The second-order valence-corrected chi connectivity index (χ2v) is 9.20. The highest BCUT2D eigenvalue weighted by Gasteiger charge is 2.26. The Hall–Kier alpha value is -3.90. The number of ketones is 1. The number of pyridine rings is 2. The summed E-state index contributed by atoms with van der Waals surface area (Å²) in [5.74, 6) is -0.407. The van der Waals surface area contributed by atoms with Gasteiger partial charge < -0.3 is 4.84 Å². The third kappa shape index (κ3) is 5.34. The molecule has 1 aliphatic rings. The summed E-state index contributed by atoms with van der Waals surface area (Å²) < 4.78 is 14.9. The number of hydrogen-bond acceptors (Lipinski definition) is 5. The molecule has 4 aromatic rings. The number of aryl methyl sites for hydroxylation is 2. The van der Waals surface area contributed by atoms with Crippen molar-refractivity contribution in [3.05, 3.63) is 118 Å². The van der Waals surface area contributed by atoms with E-state index in [-0.39, 0.29) is 24.1 Å². The summed E-state index contributed by atoms with van der Waals surface area (Å²) in [5, 5.41) is 4.83. The number of hydrogen-bond donors (Lipinski definition) is 0. The average molecular weight is 500 g/mol. The molecule has 3 heterocycles. The van der Waals surface area contributed by atoms with E-state index in [4.69, 9.17) is 16.4 Å². The van der Waals surface area contributed by atoms with Crippen molar-refractivity contribution < 1.29 is 14.0 Å². The molecule has 2 aromatic carbocycles. The van der Waals surface area contributed by atoms with Crippen LogP contribution in [0.15, 0.2) is 84.3 Å². The van der Waals surface area contributed by atoms with Crippen LogP contribution < -0.4 is 0 Å². The van der Waals surface area contributed by atoms with E-state index < -0.39 is 0 Å². The Kier molecular flexibility index (Phi) is 6.87. The minimum atomic E-state index is -0.341. The number of nitrogens with zero attached hydrogens (tertiary/aromatic N) is 3. The van der Waals surface area contributed by atoms with Gasteiger partial charge in [-0.2, -0.15) is 0 Å². The van der Waals surface area contributed by atoms with Gasteiger partial charge in [0.15, 0.2) is 11.9 Å². The monoisotopic (exact) mass is 499 g/mol. The highest BCUT2D eigenvalue weighted by atomic mass is 35.5. The maximum atomic E-state index is 14.9. The van der Waals surface area contributed by atoms with Crippen molar-refractivity contribution in [2.75, 3.05) is 0 Å². The first-order valence-corrected chi connectivity index (χ1v) is 12.0. The molecule has 2 aromatic heterocycles. The molecule has 0 amide bonds. The van der Waals surface area contributed by atoms with Gasteiger partial charge in [-0.1, -0.05) is 35.0 Å². The van der Waals surface area contributed by atoms with E-state index in [0.29, 0.717) is 40.3 Å². The molecule has 0 radical (unpaired) electrons. The maximum absolute atomic E-state index is 14.9. The lowest BCUT2D eigenvalue weighted by molar-refractivity contribution is 0.0826. The molecular weight excluding hydrogens is 477 g/mol. The van der Waals surface area contributed by atoms with Crippen molar-refractivity contribution in [2.24, 2.45) is 5.16 Å². The highest BCUT2D eigenvalue weighted by molar-refractivity contribution is 6.30. The minimum Gasteiger partial charge on any atom is -0.385 e. The fourth-order valence-corrected chi connectivity index (χ4v) is 4.29. The summed E-state index contributed by atoms with van der Waals surface area (Å²) in [4.78, 5) is 27.5. The third-order valence-electron chi connectivity index (χ3n) is 6.11. The zero-order chi connectivity index (χ0) is 25.1. The lowest BCUT2D eigenvalue weighted by atomic mass is 9.92. The second-order valence-electron chi connectivity index (χ2n) is 8.76. The van der Waals surface area contributed by atoms with E-state index in [1.165, 1.54) is 6.07 Å². The standard InChI is InChI=1S/C29H23ClFN3O2/c1-18-5-9-24(25(31)12-18)19-13-20(27-16-29(36-34-27)26-4-2-3-11-32-26)15-21(14-19)28(35)10-8-23-7-6-22(30)17-33-23/h2-7,9,11-15,17,29H,8,10,16H2,1H3. The number of aromatic nitrogens is 2. The number of carbonyl (C=O) groups is 1. The lowest BCUT2D eigenvalue weighted by Gasteiger charge is -2.11. The van der Waals surface area contributed by atoms with E-state index in [2.05, 4.69) is 15.1 Å². The molecule has 1 atom stereocenters. The average Bonchev–Trinajstić information content (AvgIpc) is 3.39. The van der Waals surface area contributed by atoms with Crippen LogP contribution in [0.4, 0.5) is 4.39 Å². The van der Waals surface area contributed by atoms with Crippen molar-refractivity contribution in [3.8, 4) is 11.1 Å². The molecule has 1 aliphatic heterocycles. The summed E-state index contributed by atoms with van der Waals surface area (Å²) in [6, 6.07) is 19.7. The molecule has 180 valence electrons. The van der Waals surface area contributed by atoms with Gasteiger partial charge >= 0.3 is 0 Å². The first-order valence-electron chi connectivity index (χ1n) is 11.7. The molecule has 36 heavy (non-hydrogen) atoms. The van der Waals surface area contributed by atoms with Crippen LogP contribution in [0, 0.1) is 12.7 Å². The summed E-state index contributed by atoms with van der Waals surface area (Å²) in [7, 11) is 0. The summed E-state index contributed by atoms with van der Waals surface area (Å²) >= 11 is 5.91. The van der Waals surface area contributed by atoms with E-state index in [1.807, 2.05) is 43.3 Å². The van der Waals surface area contributed by atoms with Crippen molar-refractivity contribution >= 4 is 23.1 Å². The second kappa shape index (κ2) is 10.4. The smallest absolute Gasteiger partial charge is 0.174 e. The topological polar surface area (TPSA) is 64.4 Å². The van der Waals surface area contributed by atoms with Crippen LogP contribution in [0.5, 0.6) is 0 Å². The normalized spacial score (nSPS) is 14.9. The first kappa shape index (κ1) is 23.8. The zero-order valence-corrected chi connectivity index (χ0v) is 20.4. The summed E-state index contributed by atoms with van der Waals surface area (Å²) in [5.41, 5.74) is 5.32. The number of benzene rings is 2. The molecule has 0 saturated heterocycles. The molecule has 0 N–H and O–H groups in total. The minimum absolute atomic E-state index is 0.0665. The van der Waals surface area contributed by atoms with Gasteiger partial charge in [0, 0.05) is 47.6 Å². The molecule has 0 aliphatic carbocycles. The Morgan fingerprint density at radius 2 is 1.92 bits per heavy atom. The fourth-order valence-electron chi connectivity index (χ4n) is 4.18. The zero-order valence-electron chi connectivity index (χ0n) is 19.6. The largest absolute Gasteiger partial charge is 0.385 e. The van der Waals surface area contributed by atoms with Crippen molar-refractivity contribution in [1.29, 1.82) is 0 Å². The van der Waals surface area contributed by atoms with Gasteiger partial charge in [-0.3, -0.25) is 14.8 Å². The van der Waals surface area contributed by atoms with E-state index in [0.717, 1.165) is 22.5 Å². The Morgan fingerprint density at radius 1 is 1.06 bits per heavy atom. The van der Waals surface area contributed by atoms with Gasteiger partial charge in [-0.25, -0.2) is 4.39 Å². The predicted octanol–water partition coefficient (Wildman–Crippen LogP) is 6.93. The molecular formula is C29H23ClFN3O2. The fraction of sp³-hybridized carbons (Fsp3) is 0.172. The summed E-state index contributed by atoms with van der Waals surface area (Å²) in [6.07, 6.45) is 4.20. The van der Waals surface area contributed by atoms with Crippen LogP contribution in [-0.4, -0.2) is 21.5 Å². The Morgan fingerprint density at radius 3 is 2.67 bits per heavy atom. The van der Waals surface area contributed by atoms with Crippen LogP contribution in [-0.2, 0) is 11.3 Å². The van der Waals surface area contributed by atoms with E-state index in [1.54, 1.807) is 36.7 Å². The molecule has 1 unspecified atom stereocenters. The number of carbonyl (C=O) groups excluding carboxylic acids is 1. The molecule has 0 bridgehead atoms. The van der Waals surface area contributed by atoms with Crippen molar-refractivity contribution in [3.63, 3.8) is 0 Å². The Labute approximate surface area is 213 Å². The quantitative estimate of drug-likeness (QED) is 0.259. The van der Waals surface area contributed by atoms with Crippen molar-refractivity contribution in [2.45, 2.75) is 32.3 Å². The van der Waals surface area contributed by atoms with Gasteiger partial charge in [0.05, 0.1) is 16.4 Å². The molecule has 0 spiro atoms. The Balaban J connectivity index is 1.46. The first-order chi connectivity index (χ1) is 17.5. The number of Topliss-reactive ketones (excluding diaryl/α,β-unsaturated/α-hetero) is 1. The lowest BCUT2D eigenvalue weighted by Crippen LogP contribution is -2.07. The van der Waals surface area contributed by atoms with Crippen LogP contribution in [0.1, 0.15) is 51.8 Å². The van der Waals surface area contributed by atoms with Gasteiger partial charge in [-0.15, -0.1) is 0 Å². The number of oxime groups is 1. The molecule has 5 rings (SSSR count). The van der Waals surface area contributed by atoms with E-state index >= 15 is 0 Å². The predicted molar refractivity (Wildman–Crippen MR) is 138 cm³/mol. The van der Waals surface area contributed by atoms with Gasteiger partial charge in [0.25, 0.3) is 0 Å². The molecule has 0 saturated carbocycles. The molecule has 7 heteroatoms. The van der Waals surface area contributed by atoms with Crippen LogP contribution >= 0.6 is 11.6 Å². The van der Waals surface area contributed by atoms with Crippen LogP contribution in [0.3, 0.4) is 0 Å². The third-order valence-corrected chi connectivity index (χ3v) is 6.33. The van der Waals surface area contributed by atoms with Crippen LogP contribution in [0.2, 0.25) is 5.02 Å². The SMILES string of the molecule is Cc1ccc(-c2cc(C(=O)CCc3ccc(Cl)cn3)cc(C3=NOC(c4ccccn4)C3)c2)c(F)c1. The number of rotatable bonds is 7. The number of halogens is 2.